The lowest BCUT2D eigenvalue weighted by atomic mass is 10.0. The van der Waals surface area contributed by atoms with Crippen molar-refractivity contribution in [3.8, 4) is 0 Å². The fourth-order valence-electron chi connectivity index (χ4n) is 2.33. The Hall–Kier alpha value is -1.32. The second-order valence-electron chi connectivity index (χ2n) is 4.46. The largest absolute Gasteiger partial charge is 0.345 e. The van der Waals surface area contributed by atoms with Crippen LogP contribution in [0.25, 0.3) is 0 Å². The molecule has 88 valence electrons. The number of aromatic nitrogens is 2. The van der Waals surface area contributed by atoms with Crippen molar-refractivity contribution in [2.24, 2.45) is 5.92 Å². The highest BCUT2D eigenvalue weighted by molar-refractivity contribution is 5.80. The van der Waals surface area contributed by atoms with Gasteiger partial charge in [0.05, 0.1) is 6.33 Å². The Bertz CT molecular complexity index is 372. The van der Waals surface area contributed by atoms with Gasteiger partial charge < -0.3 is 9.47 Å². The van der Waals surface area contributed by atoms with E-state index in [-0.39, 0.29) is 5.92 Å². The zero-order valence-corrected chi connectivity index (χ0v) is 10.0. The van der Waals surface area contributed by atoms with Crippen molar-refractivity contribution in [2.45, 2.75) is 32.7 Å². The van der Waals surface area contributed by atoms with Crippen LogP contribution in [-0.2, 0) is 17.8 Å². The number of nitrogens with zero attached hydrogens (tertiary/aromatic N) is 3. The SMILES string of the molecule is CCn1cncc1CC[C@@H]1CCN(C)C1=O. The van der Waals surface area contributed by atoms with Crippen LogP contribution >= 0.6 is 0 Å². The molecule has 1 fully saturated rings. The van der Waals surface area contributed by atoms with E-state index in [4.69, 9.17) is 0 Å². The number of amides is 1. The van der Waals surface area contributed by atoms with Crippen LogP contribution in [0.4, 0.5) is 0 Å². The maximum absolute atomic E-state index is 11.7. The standard InChI is InChI=1S/C12H19N3O/c1-3-15-9-13-8-11(15)5-4-10-6-7-14(2)12(10)16/h8-10H,3-7H2,1-2H3/t10-/m1/s1. The quantitative estimate of drug-likeness (QED) is 0.769. The summed E-state index contributed by atoms with van der Waals surface area (Å²) in [6.07, 6.45) is 6.69. The number of aryl methyl sites for hydroxylation is 2. The van der Waals surface area contributed by atoms with E-state index in [1.807, 2.05) is 24.5 Å². The van der Waals surface area contributed by atoms with Crippen molar-refractivity contribution in [1.29, 1.82) is 0 Å². The molecule has 1 aliphatic heterocycles. The number of carbonyl (C=O) groups excluding carboxylic acids is 1. The van der Waals surface area contributed by atoms with Gasteiger partial charge in [-0.2, -0.15) is 0 Å². The van der Waals surface area contributed by atoms with Gasteiger partial charge in [0.2, 0.25) is 5.91 Å². The topological polar surface area (TPSA) is 38.1 Å². The molecule has 2 rings (SSSR count). The molecule has 1 aromatic rings. The molecule has 1 atom stereocenters. The first-order valence-corrected chi connectivity index (χ1v) is 5.96. The van der Waals surface area contributed by atoms with Crippen molar-refractivity contribution < 1.29 is 4.79 Å². The summed E-state index contributed by atoms with van der Waals surface area (Å²) in [7, 11) is 1.89. The van der Waals surface area contributed by atoms with Crippen molar-refractivity contribution in [1.82, 2.24) is 14.5 Å². The third-order valence-corrected chi connectivity index (χ3v) is 3.43. The smallest absolute Gasteiger partial charge is 0.225 e. The zero-order valence-electron chi connectivity index (χ0n) is 10.0. The van der Waals surface area contributed by atoms with Gasteiger partial charge in [0.15, 0.2) is 0 Å². The Balaban J connectivity index is 1.90. The molecule has 0 N–H and O–H groups in total. The molecule has 1 amide bonds. The third-order valence-electron chi connectivity index (χ3n) is 3.43. The minimum Gasteiger partial charge on any atom is -0.345 e. The fourth-order valence-corrected chi connectivity index (χ4v) is 2.33. The van der Waals surface area contributed by atoms with Gasteiger partial charge in [0.1, 0.15) is 0 Å². The van der Waals surface area contributed by atoms with E-state index in [9.17, 15) is 4.79 Å². The van der Waals surface area contributed by atoms with Gasteiger partial charge in [0.25, 0.3) is 0 Å². The first kappa shape index (κ1) is 11.2. The molecular formula is C12H19N3O. The molecule has 4 heteroatoms. The van der Waals surface area contributed by atoms with Crippen LogP contribution < -0.4 is 0 Å². The van der Waals surface area contributed by atoms with E-state index >= 15 is 0 Å². The van der Waals surface area contributed by atoms with Crippen LogP contribution in [0.15, 0.2) is 12.5 Å². The summed E-state index contributed by atoms with van der Waals surface area (Å²) >= 11 is 0. The van der Waals surface area contributed by atoms with Gasteiger partial charge in [0, 0.05) is 37.9 Å². The number of rotatable bonds is 4. The lowest BCUT2D eigenvalue weighted by Crippen LogP contribution is -2.22. The summed E-state index contributed by atoms with van der Waals surface area (Å²) in [5, 5.41) is 0. The average molecular weight is 221 g/mol. The summed E-state index contributed by atoms with van der Waals surface area (Å²) in [4.78, 5) is 17.7. The van der Waals surface area contributed by atoms with Crippen molar-refractivity contribution in [2.75, 3.05) is 13.6 Å². The molecule has 4 nitrogen and oxygen atoms in total. The minimum atomic E-state index is 0.227. The first-order chi connectivity index (χ1) is 7.72. The molecule has 1 saturated heterocycles. The summed E-state index contributed by atoms with van der Waals surface area (Å²) in [5.41, 5.74) is 1.24. The fraction of sp³-hybridized carbons (Fsp3) is 0.667. The molecule has 0 aromatic carbocycles. The highest BCUT2D eigenvalue weighted by atomic mass is 16.2. The number of carbonyl (C=O) groups is 1. The van der Waals surface area contributed by atoms with Crippen molar-refractivity contribution in [3.05, 3.63) is 18.2 Å². The molecule has 16 heavy (non-hydrogen) atoms. The van der Waals surface area contributed by atoms with Crippen LogP contribution in [0.2, 0.25) is 0 Å². The lowest BCUT2D eigenvalue weighted by Gasteiger charge is -2.10. The second-order valence-corrected chi connectivity index (χ2v) is 4.46. The molecule has 0 saturated carbocycles. The third kappa shape index (κ3) is 2.10. The van der Waals surface area contributed by atoms with Crippen LogP contribution in [0.1, 0.15) is 25.5 Å². The van der Waals surface area contributed by atoms with Gasteiger partial charge in [-0.3, -0.25) is 4.79 Å². The van der Waals surface area contributed by atoms with E-state index in [0.29, 0.717) is 5.91 Å². The number of imidazole rings is 1. The van der Waals surface area contributed by atoms with Gasteiger partial charge in [-0.15, -0.1) is 0 Å². The van der Waals surface area contributed by atoms with Crippen molar-refractivity contribution in [3.63, 3.8) is 0 Å². The Kier molecular flexibility index (Phi) is 3.27. The van der Waals surface area contributed by atoms with Gasteiger partial charge in [-0.05, 0) is 26.2 Å². The van der Waals surface area contributed by atoms with Gasteiger partial charge in [-0.1, -0.05) is 0 Å². The maximum Gasteiger partial charge on any atom is 0.225 e. The Morgan fingerprint density at radius 3 is 3.00 bits per heavy atom. The van der Waals surface area contributed by atoms with E-state index in [0.717, 1.165) is 32.4 Å². The van der Waals surface area contributed by atoms with Gasteiger partial charge >= 0.3 is 0 Å². The maximum atomic E-state index is 11.7. The van der Waals surface area contributed by atoms with Crippen LogP contribution in [0, 0.1) is 5.92 Å². The summed E-state index contributed by atoms with van der Waals surface area (Å²) in [5.74, 6) is 0.535. The summed E-state index contributed by atoms with van der Waals surface area (Å²) < 4.78 is 2.14. The van der Waals surface area contributed by atoms with Gasteiger partial charge in [-0.25, -0.2) is 4.98 Å². The first-order valence-electron chi connectivity index (χ1n) is 5.96. The lowest BCUT2D eigenvalue weighted by molar-refractivity contribution is -0.129. The van der Waals surface area contributed by atoms with E-state index in [2.05, 4.69) is 16.5 Å². The Labute approximate surface area is 96.3 Å². The van der Waals surface area contributed by atoms with E-state index in [1.54, 1.807) is 0 Å². The summed E-state index contributed by atoms with van der Waals surface area (Å²) in [6, 6.07) is 0. The van der Waals surface area contributed by atoms with E-state index in [1.165, 1.54) is 5.69 Å². The average Bonchev–Trinajstić information content (AvgIpc) is 2.86. The molecule has 2 heterocycles. The Morgan fingerprint density at radius 1 is 1.56 bits per heavy atom. The van der Waals surface area contributed by atoms with Crippen LogP contribution in [0.5, 0.6) is 0 Å². The van der Waals surface area contributed by atoms with Crippen molar-refractivity contribution >= 4 is 5.91 Å². The molecule has 0 radical (unpaired) electrons. The Morgan fingerprint density at radius 2 is 2.38 bits per heavy atom. The molecule has 0 unspecified atom stereocenters. The minimum absolute atomic E-state index is 0.227. The summed E-state index contributed by atoms with van der Waals surface area (Å²) in [6.45, 7) is 3.98. The molecule has 0 bridgehead atoms. The molecule has 1 aromatic heterocycles. The number of hydrogen-bond acceptors (Lipinski definition) is 2. The van der Waals surface area contributed by atoms with Crippen LogP contribution in [0.3, 0.4) is 0 Å². The van der Waals surface area contributed by atoms with Crippen LogP contribution in [-0.4, -0.2) is 34.0 Å². The molecule has 0 spiro atoms. The zero-order chi connectivity index (χ0) is 11.5. The molecular weight excluding hydrogens is 202 g/mol. The highest BCUT2D eigenvalue weighted by Crippen LogP contribution is 2.21. The highest BCUT2D eigenvalue weighted by Gasteiger charge is 2.28. The number of likely N-dealkylation sites (tertiary alicyclic amines) is 1. The van der Waals surface area contributed by atoms with E-state index < -0.39 is 0 Å². The monoisotopic (exact) mass is 221 g/mol. The predicted molar refractivity (Wildman–Crippen MR) is 62.0 cm³/mol. The molecule has 1 aliphatic rings. The normalized spacial score (nSPS) is 20.8. The predicted octanol–water partition coefficient (Wildman–Crippen LogP) is 1.31. The second kappa shape index (κ2) is 4.68. The number of hydrogen-bond donors (Lipinski definition) is 0. The molecule has 0 aliphatic carbocycles.